The van der Waals surface area contributed by atoms with Gasteiger partial charge in [0, 0.05) is 4.47 Å². The molecule has 1 aliphatic heterocycles. The fraction of sp³-hybridized carbons (Fsp3) is 0.222. The smallest absolute Gasteiger partial charge is 0.131 e. The number of hydrogen-bond acceptors (Lipinski definition) is 3. The van der Waals surface area contributed by atoms with Crippen molar-refractivity contribution in [1.82, 2.24) is 0 Å². The molecule has 0 radical (unpaired) electrons. The van der Waals surface area contributed by atoms with Gasteiger partial charge in [0.05, 0.1) is 12.1 Å². The maximum Gasteiger partial charge on any atom is 0.131 e. The topological polar surface area (TPSA) is 47.6 Å². The van der Waals surface area contributed by atoms with Gasteiger partial charge in [-0.3, -0.25) is 4.99 Å². The molecule has 0 saturated heterocycles. The molecule has 68 valence electrons. The number of hydrogen-bond donors (Lipinski definition) is 1. The van der Waals surface area contributed by atoms with Crippen molar-refractivity contribution in [3.8, 4) is 5.75 Å². The number of nitrogens with zero attached hydrogens (tertiary/aromatic N) is 1. The molecular formula is C9H9BrN2O. The fourth-order valence-corrected chi connectivity index (χ4v) is 1.57. The molecule has 3 nitrogen and oxygen atoms in total. The van der Waals surface area contributed by atoms with E-state index in [1.807, 2.05) is 18.2 Å². The number of rotatable bonds is 0. The van der Waals surface area contributed by atoms with Crippen molar-refractivity contribution in [2.75, 3.05) is 13.2 Å². The lowest BCUT2D eigenvalue weighted by molar-refractivity contribution is 0.331. The predicted molar refractivity (Wildman–Crippen MR) is 55.2 cm³/mol. The van der Waals surface area contributed by atoms with E-state index in [1.54, 1.807) is 0 Å². The number of aliphatic imine (C=N–C) groups is 1. The highest BCUT2D eigenvalue weighted by Gasteiger charge is 2.10. The number of fused-ring (bicyclic) bond motifs is 1. The zero-order valence-electron chi connectivity index (χ0n) is 6.96. The first kappa shape index (κ1) is 8.56. The summed E-state index contributed by atoms with van der Waals surface area (Å²) in [5, 5.41) is 0. The van der Waals surface area contributed by atoms with Crippen molar-refractivity contribution in [2.24, 2.45) is 10.7 Å². The van der Waals surface area contributed by atoms with Crippen molar-refractivity contribution in [2.45, 2.75) is 0 Å². The summed E-state index contributed by atoms with van der Waals surface area (Å²) in [4.78, 5) is 4.15. The second kappa shape index (κ2) is 3.38. The number of ether oxygens (including phenoxy) is 1. The average molecular weight is 241 g/mol. The van der Waals surface area contributed by atoms with Gasteiger partial charge < -0.3 is 10.5 Å². The first-order valence-corrected chi connectivity index (χ1v) is 4.79. The zero-order chi connectivity index (χ0) is 9.26. The molecule has 0 aromatic heterocycles. The summed E-state index contributed by atoms with van der Waals surface area (Å²) in [5.74, 6) is 1.35. The van der Waals surface area contributed by atoms with Crippen molar-refractivity contribution < 1.29 is 4.74 Å². The Morgan fingerprint density at radius 2 is 2.31 bits per heavy atom. The standard InChI is InChI=1S/C9H9BrN2O/c10-6-1-2-7-8(5-6)13-4-3-12-9(7)11/h1-2,5H,3-4H2,(H2,11,12). The summed E-state index contributed by atoms with van der Waals surface area (Å²) in [5.41, 5.74) is 6.63. The van der Waals surface area contributed by atoms with Gasteiger partial charge in [-0.15, -0.1) is 0 Å². The summed E-state index contributed by atoms with van der Waals surface area (Å²) < 4.78 is 6.46. The van der Waals surface area contributed by atoms with Crippen molar-refractivity contribution in [3.05, 3.63) is 28.2 Å². The minimum absolute atomic E-state index is 0.556. The van der Waals surface area contributed by atoms with Gasteiger partial charge in [-0.1, -0.05) is 15.9 Å². The maximum atomic E-state index is 5.75. The van der Waals surface area contributed by atoms with Gasteiger partial charge in [-0.2, -0.15) is 0 Å². The van der Waals surface area contributed by atoms with Crippen LogP contribution < -0.4 is 10.5 Å². The number of halogens is 1. The molecule has 0 amide bonds. The van der Waals surface area contributed by atoms with E-state index >= 15 is 0 Å². The second-order valence-electron chi connectivity index (χ2n) is 2.76. The quantitative estimate of drug-likeness (QED) is 0.749. The molecule has 0 unspecified atom stereocenters. The summed E-state index contributed by atoms with van der Waals surface area (Å²) >= 11 is 3.38. The van der Waals surface area contributed by atoms with Crippen LogP contribution in [0.5, 0.6) is 5.75 Å². The Hall–Kier alpha value is -1.03. The van der Waals surface area contributed by atoms with Crippen LogP contribution in [-0.4, -0.2) is 19.0 Å². The Balaban J connectivity index is 2.52. The molecule has 0 fully saturated rings. The maximum absolute atomic E-state index is 5.75. The van der Waals surface area contributed by atoms with Crippen LogP contribution in [0.3, 0.4) is 0 Å². The van der Waals surface area contributed by atoms with E-state index in [9.17, 15) is 0 Å². The molecule has 0 bridgehead atoms. The molecular weight excluding hydrogens is 232 g/mol. The van der Waals surface area contributed by atoms with Crippen LogP contribution >= 0.6 is 15.9 Å². The molecule has 1 heterocycles. The third-order valence-electron chi connectivity index (χ3n) is 1.85. The van der Waals surface area contributed by atoms with Crippen LogP contribution in [0.4, 0.5) is 0 Å². The zero-order valence-corrected chi connectivity index (χ0v) is 8.54. The molecule has 0 atom stereocenters. The molecule has 0 saturated carbocycles. The average Bonchev–Trinajstić information content (AvgIpc) is 2.28. The van der Waals surface area contributed by atoms with E-state index in [0.29, 0.717) is 19.0 Å². The third-order valence-corrected chi connectivity index (χ3v) is 2.34. The Morgan fingerprint density at radius 3 is 3.15 bits per heavy atom. The summed E-state index contributed by atoms with van der Waals surface area (Å²) in [7, 11) is 0. The summed E-state index contributed by atoms with van der Waals surface area (Å²) in [6, 6.07) is 5.74. The predicted octanol–water partition coefficient (Wildman–Crippen LogP) is 1.55. The van der Waals surface area contributed by atoms with E-state index in [2.05, 4.69) is 20.9 Å². The normalized spacial score (nSPS) is 15.3. The Morgan fingerprint density at radius 1 is 1.46 bits per heavy atom. The largest absolute Gasteiger partial charge is 0.491 e. The third kappa shape index (κ3) is 1.67. The monoisotopic (exact) mass is 240 g/mol. The van der Waals surface area contributed by atoms with Crippen molar-refractivity contribution >= 4 is 21.8 Å². The van der Waals surface area contributed by atoms with Gasteiger partial charge >= 0.3 is 0 Å². The molecule has 0 aliphatic carbocycles. The lowest BCUT2D eigenvalue weighted by atomic mass is 10.2. The molecule has 13 heavy (non-hydrogen) atoms. The molecule has 2 rings (SSSR count). The van der Waals surface area contributed by atoms with Gasteiger partial charge in [-0.25, -0.2) is 0 Å². The van der Waals surface area contributed by atoms with Gasteiger partial charge in [0.2, 0.25) is 0 Å². The van der Waals surface area contributed by atoms with E-state index in [1.165, 1.54) is 0 Å². The Bertz CT molecular complexity index is 363. The molecule has 1 aromatic carbocycles. The molecule has 2 N–H and O–H groups in total. The highest BCUT2D eigenvalue weighted by Crippen LogP contribution is 2.24. The lowest BCUT2D eigenvalue weighted by Crippen LogP contribution is -2.12. The second-order valence-corrected chi connectivity index (χ2v) is 3.67. The molecule has 1 aromatic rings. The SMILES string of the molecule is NC1=NCCOc2cc(Br)ccc21. The van der Waals surface area contributed by atoms with Crippen molar-refractivity contribution in [3.63, 3.8) is 0 Å². The van der Waals surface area contributed by atoms with E-state index in [4.69, 9.17) is 10.5 Å². The van der Waals surface area contributed by atoms with Crippen LogP contribution in [0.15, 0.2) is 27.7 Å². The number of amidine groups is 1. The molecule has 4 heteroatoms. The molecule has 1 aliphatic rings. The molecule has 0 spiro atoms. The van der Waals surface area contributed by atoms with E-state index in [0.717, 1.165) is 15.8 Å². The highest BCUT2D eigenvalue weighted by atomic mass is 79.9. The lowest BCUT2D eigenvalue weighted by Gasteiger charge is -2.06. The van der Waals surface area contributed by atoms with Crippen LogP contribution in [0, 0.1) is 0 Å². The minimum atomic E-state index is 0.556. The fourth-order valence-electron chi connectivity index (χ4n) is 1.23. The Labute approximate surface area is 84.7 Å². The van der Waals surface area contributed by atoms with Gasteiger partial charge in [0.1, 0.15) is 18.2 Å². The number of benzene rings is 1. The number of nitrogens with two attached hydrogens (primary N) is 1. The van der Waals surface area contributed by atoms with Crippen LogP contribution in [0.1, 0.15) is 5.56 Å². The van der Waals surface area contributed by atoms with Crippen LogP contribution in [0.2, 0.25) is 0 Å². The first-order chi connectivity index (χ1) is 6.27. The van der Waals surface area contributed by atoms with E-state index < -0.39 is 0 Å². The first-order valence-electron chi connectivity index (χ1n) is 4.00. The summed E-state index contributed by atoms with van der Waals surface area (Å²) in [6.45, 7) is 1.21. The van der Waals surface area contributed by atoms with Gasteiger partial charge in [0.25, 0.3) is 0 Å². The highest BCUT2D eigenvalue weighted by molar-refractivity contribution is 9.10. The summed E-state index contributed by atoms with van der Waals surface area (Å²) in [6.07, 6.45) is 0. The Kier molecular flexibility index (Phi) is 2.22. The van der Waals surface area contributed by atoms with Gasteiger partial charge in [-0.05, 0) is 18.2 Å². The van der Waals surface area contributed by atoms with Crippen LogP contribution in [-0.2, 0) is 0 Å². The van der Waals surface area contributed by atoms with Crippen molar-refractivity contribution in [1.29, 1.82) is 0 Å². The van der Waals surface area contributed by atoms with E-state index in [-0.39, 0.29) is 0 Å². The van der Waals surface area contributed by atoms with Gasteiger partial charge in [0.15, 0.2) is 0 Å². The minimum Gasteiger partial charge on any atom is -0.491 e. The van der Waals surface area contributed by atoms with Crippen LogP contribution in [0.25, 0.3) is 0 Å².